The van der Waals surface area contributed by atoms with Gasteiger partial charge >= 0.3 is 0 Å². The molecule has 15 heavy (non-hydrogen) atoms. The van der Waals surface area contributed by atoms with Gasteiger partial charge in [0.05, 0.1) is 6.10 Å². The summed E-state index contributed by atoms with van der Waals surface area (Å²) in [6.07, 6.45) is 9.53. The molecule has 0 spiro atoms. The maximum absolute atomic E-state index is 9.88. The van der Waals surface area contributed by atoms with E-state index in [9.17, 15) is 5.11 Å². The number of rotatable bonds is 6. The van der Waals surface area contributed by atoms with Crippen molar-refractivity contribution < 1.29 is 5.11 Å². The van der Waals surface area contributed by atoms with Crippen molar-refractivity contribution >= 4 is 0 Å². The monoisotopic (exact) mass is 213 g/mol. The normalized spacial score (nSPS) is 29.0. The first-order valence-corrected chi connectivity index (χ1v) is 6.72. The Kier molecular flexibility index (Phi) is 6.26. The van der Waals surface area contributed by atoms with E-state index in [0.717, 1.165) is 12.8 Å². The minimum absolute atomic E-state index is 0.102. The van der Waals surface area contributed by atoms with Crippen LogP contribution in [0.15, 0.2) is 0 Å². The fourth-order valence-electron chi connectivity index (χ4n) is 2.46. The molecule has 2 N–H and O–H groups in total. The van der Waals surface area contributed by atoms with E-state index >= 15 is 0 Å². The highest BCUT2D eigenvalue weighted by Crippen LogP contribution is 2.19. The molecule has 1 aliphatic rings. The van der Waals surface area contributed by atoms with Crippen molar-refractivity contribution in [3.63, 3.8) is 0 Å². The zero-order chi connectivity index (χ0) is 11.1. The summed E-state index contributed by atoms with van der Waals surface area (Å²) < 4.78 is 0. The van der Waals surface area contributed by atoms with E-state index in [1.165, 1.54) is 38.5 Å². The van der Waals surface area contributed by atoms with Crippen LogP contribution in [0.25, 0.3) is 0 Å². The largest absolute Gasteiger partial charge is 0.392 e. The summed E-state index contributed by atoms with van der Waals surface area (Å²) in [5, 5.41) is 13.5. The van der Waals surface area contributed by atoms with Gasteiger partial charge in [0.25, 0.3) is 0 Å². The molecular weight excluding hydrogens is 186 g/mol. The molecule has 1 rings (SSSR count). The average Bonchev–Trinajstić information content (AvgIpc) is 2.26. The van der Waals surface area contributed by atoms with Crippen LogP contribution in [0.3, 0.4) is 0 Å². The Bertz CT molecular complexity index is 161. The van der Waals surface area contributed by atoms with Crippen molar-refractivity contribution in [2.45, 2.75) is 83.4 Å². The Morgan fingerprint density at radius 3 is 2.60 bits per heavy atom. The molecule has 1 aliphatic carbocycles. The molecule has 0 aromatic carbocycles. The molecule has 2 nitrogen and oxygen atoms in total. The Morgan fingerprint density at radius 1 is 1.27 bits per heavy atom. The molecule has 3 atom stereocenters. The minimum Gasteiger partial charge on any atom is -0.392 e. The maximum atomic E-state index is 9.88. The predicted molar refractivity (Wildman–Crippen MR) is 65.0 cm³/mol. The van der Waals surface area contributed by atoms with Crippen LogP contribution in [0.1, 0.15) is 65.2 Å². The SMILES string of the molecule is CCCC[C@H](CC)N[C@@H]1CCCC[C@@H]1O. The van der Waals surface area contributed by atoms with Gasteiger partial charge < -0.3 is 10.4 Å². The molecule has 1 saturated carbocycles. The molecule has 2 heteroatoms. The van der Waals surface area contributed by atoms with E-state index in [0.29, 0.717) is 12.1 Å². The smallest absolute Gasteiger partial charge is 0.0693 e. The van der Waals surface area contributed by atoms with Crippen LogP contribution in [0.2, 0.25) is 0 Å². The number of unbranched alkanes of at least 4 members (excludes halogenated alkanes) is 1. The molecule has 1 fully saturated rings. The van der Waals surface area contributed by atoms with Gasteiger partial charge in [-0.15, -0.1) is 0 Å². The molecule has 0 aliphatic heterocycles. The third-order valence-electron chi connectivity index (χ3n) is 3.58. The van der Waals surface area contributed by atoms with Gasteiger partial charge in [-0.2, -0.15) is 0 Å². The van der Waals surface area contributed by atoms with Crippen molar-refractivity contribution in [1.82, 2.24) is 5.32 Å². The van der Waals surface area contributed by atoms with Crippen molar-refractivity contribution in [2.24, 2.45) is 0 Å². The Morgan fingerprint density at radius 2 is 2.00 bits per heavy atom. The first-order valence-electron chi connectivity index (χ1n) is 6.72. The predicted octanol–water partition coefficient (Wildman–Crippen LogP) is 2.85. The van der Waals surface area contributed by atoms with E-state index in [4.69, 9.17) is 0 Å². The van der Waals surface area contributed by atoms with Gasteiger partial charge in [0.15, 0.2) is 0 Å². The van der Waals surface area contributed by atoms with E-state index in [-0.39, 0.29) is 6.10 Å². The highest BCUT2D eigenvalue weighted by atomic mass is 16.3. The lowest BCUT2D eigenvalue weighted by Gasteiger charge is -2.32. The summed E-state index contributed by atoms with van der Waals surface area (Å²) in [5.41, 5.74) is 0. The molecule has 0 aromatic rings. The molecule has 90 valence electrons. The topological polar surface area (TPSA) is 32.3 Å². The lowest BCUT2D eigenvalue weighted by atomic mass is 9.91. The lowest BCUT2D eigenvalue weighted by molar-refractivity contribution is 0.0836. The van der Waals surface area contributed by atoms with Crippen LogP contribution in [0.5, 0.6) is 0 Å². The summed E-state index contributed by atoms with van der Waals surface area (Å²) in [6.45, 7) is 4.48. The van der Waals surface area contributed by atoms with Crippen molar-refractivity contribution in [3.05, 3.63) is 0 Å². The van der Waals surface area contributed by atoms with Gasteiger partial charge in [0, 0.05) is 12.1 Å². The van der Waals surface area contributed by atoms with Crippen LogP contribution >= 0.6 is 0 Å². The fourth-order valence-corrected chi connectivity index (χ4v) is 2.46. The third kappa shape index (κ3) is 4.52. The molecule has 0 aromatic heterocycles. The van der Waals surface area contributed by atoms with E-state index in [1.807, 2.05) is 0 Å². The second-order valence-corrected chi connectivity index (χ2v) is 4.87. The number of nitrogens with one attached hydrogen (secondary N) is 1. The van der Waals surface area contributed by atoms with Crippen molar-refractivity contribution in [1.29, 1.82) is 0 Å². The molecular formula is C13H27NO. The van der Waals surface area contributed by atoms with Gasteiger partial charge in [-0.1, -0.05) is 39.5 Å². The Hall–Kier alpha value is -0.0800. The molecule has 0 bridgehead atoms. The Balaban J connectivity index is 2.29. The molecule has 0 unspecified atom stereocenters. The van der Waals surface area contributed by atoms with Crippen molar-refractivity contribution in [3.8, 4) is 0 Å². The van der Waals surface area contributed by atoms with Gasteiger partial charge in [-0.3, -0.25) is 0 Å². The third-order valence-corrected chi connectivity index (χ3v) is 3.58. The molecule has 0 saturated heterocycles. The van der Waals surface area contributed by atoms with Crippen LogP contribution in [0, 0.1) is 0 Å². The van der Waals surface area contributed by atoms with Crippen LogP contribution in [-0.2, 0) is 0 Å². The van der Waals surface area contributed by atoms with Crippen LogP contribution in [-0.4, -0.2) is 23.3 Å². The van der Waals surface area contributed by atoms with Crippen molar-refractivity contribution in [2.75, 3.05) is 0 Å². The fraction of sp³-hybridized carbons (Fsp3) is 1.00. The number of aliphatic hydroxyl groups is 1. The number of hydrogen-bond acceptors (Lipinski definition) is 2. The summed E-state index contributed by atoms with van der Waals surface area (Å²) >= 11 is 0. The quantitative estimate of drug-likeness (QED) is 0.711. The van der Waals surface area contributed by atoms with Gasteiger partial charge in [0.1, 0.15) is 0 Å². The maximum Gasteiger partial charge on any atom is 0.0693 e. The molecule has 0 amide bonds. The summed E-state index contributed by atoms with van der Waals surface area (Å²) in [5.74, 6) is 0. The highest BCUT2D eigenvalue weighted by molar-refractivity contribution is 4.83. The first-order chi connectivity index (χ1) is 7.27. The molecule has 0 radical (unpaired) electrons. The zero-order valence-corrected chi connectivity index (χ0v) is 10.3. The zero-order valence-electron chi connectivity index (χ0n) is 10.3. The Labute approximate surface area is 94.5 Å². The summed E-state index contributed by atoms with van der Waals surface area (Å²) in [6, 6.07) is 0.975. The van der Waals surface area contributed by atoms with Crippen LogP contribution < -0.4 is 5.32 Å². The summed E-state index contributed by atoms with van der Waals surface area (Å²) in [4.78, 5) is 0. The molecule has 0 heterocycles. The van der Waals surface area contributed by atoms with Crippen LogP contribution in [0.4, 0.5) is 0 Å². The highest BCUT2D eigenvalue weighted by Gasteiger charge is 2.24. The van der Waals surface area contributed by atoms with Gasteiger partial charge in [-0.05, 0) is 25.7 Å². The second kappa shape index (κ2) is 7.24. The van der Waals surface area contributed by atoms with E-state index < -0.39 is 0 Å². The number of aliphatic hydroxyl groups excluding tert-OH is 1. The standard InChI is InChI=1S/C13H27NO/c1-3-5-8-11(4-2)14-12-9-6-7-10-13(12)15/h11-15H,3-10H2,1-2H3/t11-,12+,13-/m0/s1. The van der Waals surface area contributed by atoms with Gasteiger partial charge in [0.2, 0.25) is 0 Å². The lowest BCUT2D eigenvalue weighted by Crippen LogP contribution is -2.46. The van der Waals surface area contributed by atoms with E-state index in [2.05, 4.69) is 19.2 Å². The average molecular weight is 213 g/mol. The minimum atomic E-state index is -0.102. The first kappa shape index (κ1) is 13.0. The summed E-state index contributed by atoms with van der Waals surface area (Å²) in [7, 11) is 0. The second-order valence-electron chi connectivity index (χ2n) is 4.87. The van der Waals surface area contributed by atoms with E-state index in [1.54, 1.807) is 0 Å². The number of hydrogen-bond donors (Lipinski definition) is 2. The van der Waals surface area contributed by atoms with Gasteiger partial charge in [-0.25, -0.2) is 0 Å².